The van der Waals surface area contributed by atoms with Gasteiger partial charge in [-0.15, -0.1) is 0 Å². The zero-order valence-electron chi connectivity index (χ0n) is 15.0. The Hall–Kier alpha value is -2.81. The number of nitrogens with one attached hydrogen (secondary N) is 1. The van der Waals surface area contributed by atoms with Crippen LogP contribution < -0.4 is 14.8 Å². The van der Waals surface area contributed by atoms with Gasteiger partial charge in [0.25, 0.3) is 11.7 Å². The Bertz CT molecular complexity index is 786. The highest BCUT2D eigenvalue weighted by Gasteiger charge is 2.11. The van der Waals surface area contributed by atoms with Gasteiger partial charge in [-0.3, -0.25) is 4.79 Å². The van der Waals surface area contributed by atoms with Crippen LogP contribution in [0.3, 0.4) is 0 Å². The third kappa shape index (κ3) is 7.43. The van der Waals surface area contributed by atoms with Crippen molar-refractivity contribution in [3.63, 3.8) is 0 Å². The number of hydrogen-bond donors (Lipinski definition) is 1. The van der Waals surface area contributed by atoms with Gasteiger partial charge in [0.15, 0.2) is 24.7 Å². The second-order valence-electron chi connectivity index (χ2n) is 5.28. The number of carbonyl (C=O) groups is 2. The van der Waals surface area contributed by atoms with E-state index in [2.05, 4.69) is 5.32 Å². The molecule has 2 aromatic rings. The minimum atomic E-state index is -2.51. The normalized spacial score (nSPS) is 10.4. The quantitative estimate of drug-likeness (QED) is 0.471. The molecule has 0 aliphatic heterocycles. The maximum Gasteiger partial charge on any atom is 0.344 e. The Morgan fingerprint density at radius 1 is 1.00 bits per heavy atom. The van der Waals surface area contributed by atoms with Crippen molar-refractivity contribution in [2.45, 2.75) is 17.6 Å². The standard InChI is InChI=1S/C19H19F2NO5S/c1-2-25-15-5-3-4-6-16(15)26-12-18(24)27-11-17(23)22-13-7-9-14(10-8-13)28-19(20)21/h3-10,19H,2,11-12H2,1H3,(H,22,23). The number of ether oxygens (including phenoxy) is 3. The number of esters is 1. The molecule has 2 aromatic carbocycles. The summed E-state index contributed by atoms with van der Waals surface area (Å²) in [5.74, 6) is -2.89. The summed E-state index contributed by atoms with van der Waals surface area (Å²) >= 11 is 0.410. The van der Waals surface area contributed by atoms with E-state index in [1.165, 1.54) is 24.3 Å². The molecule has 1 N–H and O–H groups in total. The first-order valence-corrected chi connectivity index (χ1v) is 9.21. The van der Waals surface area contributed by atoms with Crippen LogP contribution in [0.4, 0.5) is 14.5 Å². The van der Waals surface area contributed by atoms with E-state index >= 15 is 0 Å². The first-order chi connectivity index (χ1) is 13.5. The zero-order valence-corrected chi connectivity index (χ0v) is 15.8. The van der Waals surface area contributed by atoms with Crippen LogP contribution in [0.1, 0.15) is 6.92 Å². The average molecular weight is 411 g/mol. The molecular formula is C19H19F2NO5S. The molecule has 2 rings (SSSR count). The molecule has 9 heteroatoms. The van der Waals surface area contributed by atoms with Crippen LogP contribution in [0.5, 0.6) is 11.5 Å². The lowest BCUT2D eigenvalue weighted by Crippen LogP contribution is -2.23. The van der Waals surface area contributed by atoms with Gasteiger partial charge in [-0.05, 0) is 43.3 Å². The molecule has 1 amide bonds. The van der Waals surface area contributed by atoms with Crippen molar-refractivity contribution in [1.29, 1.82) is 0 Å². The van der Waals surface area contributed by atoms with E-state index in [9.17, 15) is 18.4 Å². The molecule has 0 aromatic heterocycles. The van der Waals surface area contributed by atoms with Crippen molar-refractivity contribution < 1.29 is 32.6 Å². The van der Waals surface area contributed by atoms with E-state index in [0.717, 1.165) is 0 Å². The van der Waals surface area contributed by atoms with E-state index < -0.39 is 24.2 Å². The number of carbonyl (C=O) groups excluding carboxylic acids is 2. The van der Waals surface area contributed by atoms with Crippen molar-refractivity contribution >= 4 is 29.3 Å². The predicted molar refractivity (Wildman–Crippen MR) is 101 cm³/mol. The largest absolute Gasteiger partial charge is 0.490 e. The van der Waals surface area contributed by atoms with E-state index in [-0.39, 0.29) is 6.61 Å². The average Bonchev–Trinajstić information content (AvgIpc) is 2.67. The van der Waals surface area contributed by atoms with Gasteiger partial charge in [0.05, 0.1) is 6.61 Å². The van der Waals surface area contributed by atoms with E-state index in [1.54, 1.807) is 24.3 Å². The lowest BCUT2D eigenvalue weighted by Gasteiger charge is -2.11. The first-order valence-electron chi connectivity index (χ1n) is 8.33. The van der Waals surface area contributed by atoms with Gasteiger partial charge in [-0.1, -0.05) is 23.9 Å². The number of anilines is 1. The Labute approximate surface area is 165 Å². The highest BCUT2D eigenvalue weighted by atomic mass is 32.2. The van der Waals surface area contributed by atoms with Gasteiger partial charge < -0.3 is 19.5 Å². The van der Waals surface area contributed by atoms with Crippen LogP contribution >= 0.6 is 11.8 Å². The van der Waals surface area contributed by atoms with E-state index in [1.807, 2.05) is 6.92 Å². The molecule has 0 heterocycles. The summed E-state index contributed by atoms with van der Waals surface area (Å²) in [5.41, 5.74) is 0.404. The number of rotatable bonds is 10. The Morgan fingerprint density at radius 3 is 2.25 bits per heavy atom. The summed E-state index contributed by atoms with van der Waals surface area (Å²) in [6, 6.07) is 12.8. The highest BCUT2D eigenvalue weighted by molar-refractivity contribution is 7.99. The van der Waals surface area contributed by atoms with Crippen LogP contribution in [0, 0.1) is 0 Å². The minimum Gasteiger partial charge on any atom is -0.490 e. The highest BCUT2D eigenvalue weighted by Crippen LogP contribution is 2.27. The van der Waals surface area contributed by atoms with E-state index in [0.29, 0.717) is 40.5 Å². The molecule has 0 saturated carbocycles. The fourth-order valence-corrected chi connectivity index (χ4v) is 2.58. The van der Waals surface area contributed by atoms with Crippen LogP contribution in [0.25, 0.3) is 0 Å². The molecule has 150 valence electrons. The molecule has 28 heavy (non-hydrogen) atoms. The summed E-state index contributed by atoms with van der Waals surface area (Å²) in [5, 5.41) is 2.50. The fourth-order valence-electron chi connectivity index (χ4n) is 2.09. The molecule has 0 aliphatic carbocycles. The molecule has 6 nitrogen and oxygen atoms in total. The second kappa shape index (κ2) is 11.1. The van der Waals surface area contributed by atoms with Crippen LogP contribution in [0.15, 0.2) is 53.4 Å². The monoisotopic (exact) mass is 411 g/mol. The SMILES string of the molecule is CCOc1ccccc1OCC(=O)OCC(=O)Nc1ccc(SC(F)F)cc1. The molecule has 0 aliphatic rings. The summed E-state index contributed by atoms with van der Waals surface area (Å²) in [6.45, 7) is 1.40. The smallest absolute Gasteiger partial charge is 0.344 e. The molecule has 0 bridgehead atoms. The molecule has 0 unspecified atom stereocenters. The molecule has 0 radical (unpaired) electrons. The van der Waals surface area contributed by atoms with Gasteiger partial charge in [0, 0.05) is 10.6 Å². The maximum absolute atomic E-state index is 12.3. The molecule has 0 atom stereocenters. The van der Waals surface area contributed by atoms with Gasteiger partial charge in [-0.25, -0.2) is 4.79 Å². The van der Waals surface area contributed by atoms with Crippen molar-refractivity contribution in [2.24, 2.45) is 0 Å². The summed E-state index contributed by atoms with van der Waals surface area (Å²) < 4.78 is 40.1. The van der Waals surface area contributed by atoms with Gasteiger partial charge >= 0.3 is 5.97 Å². The zero-order chi connectivity index (χ0) is 20.4. The van der Waals surface area contributed by atoms with Crippen molar-refractivity contribution in [3.05, 3.63) is 48.5 Å². The summed E-state index contributed by atoms with van der Waals surface area (Å²) in [4.78, 5) is 23.9. The predicted octanol–water partition coefficient (Wildman–Crippen LogP) is 3.96. The third-order valence-electron chi connectivity index (χ3n) is 3.22. The number of hydrogen-bond acceptors (Lipinski definition) is 6. The second-order valence-corrected chi connectivity index (χ2v) is 6.34. The molecule has 0 fully saturated rings. The van der Waals surface area contributed by atoms with Gasteiger partial charge in [0.2, 0.25) is 0 Å². The van der Waals surface area contributed by atoms with Crippen LogP contribution in [-0.4, -0.2) is 37.5 Å². The molecular weight excluding hydrogens is 392 g/mol. The summed E-state index contributed by atoms with van der Waals surface area (Å²) in [6.07, 6.45) is 0. The molecule has 0 saturated heterocycles. The van der Waals surface area contributed by atoms with Gasteiger partial charge in [-0.2, -0.15) is 8.78 Å². The molecule has 0 spiro atoms. The fraction of sp³-hybridized carbons (Fsp3) is 0.263. The number of para-hydroxylation sites is 2. The Balaban J connectivity index is 1.74. The third-order valence-corrected chi connectivity index (χ3v) is 3.94. The van der Waals surface area contributed by atoms with Crippen LogP contribution in [-0.2, 0) is 14.3 Å². The maximum atomic E-state index is 12.3. The van der Waals surface area contributed by atoms with E-state index in [4.69, 9.17) is 14.2 Å². The van der Waals surface area contributed by atoms with Crippen LogP contribution in [0.2, 0.25) is 0 Å². The number of halogens is 2. The van der Waals surface area contributed by atoms with Crippen molar-refractivity contribution in [1.82, 2.24) is 0 Å². The topological polar surface area (TPSA) is 73.9 Å². The minimum absolute atomic E-state index is 0.378. The number of benzene rings is 2. The number of thioether (sulfide) groups is 1. The van der Waals surface area contributed by atoms with Gasteiger partial charge in [0.1, 0.15) is 0 Å². The van der Waals surface area contributed by atoms with Crippen molar-refractivity contribution in [2.75, 3.05) is 25.1 Å². The number of amides is 1. The summed E-state index contributed by atoms with van der Waals surface area (Å²) in [7, 11) is 0. The lowest BCUT2D eigenvalue weighted by atomic mass is 10.3. The Kier molecular flexibility index (Phi) is 8.54. The Morgan fingerprint density at radius 2 is 1.64 bits per heavy atom. The van der Waals surface area contributed by atoms with Crippen molar-refractivity contribution in [3.8, 4) is 11.5 Å². The lowest BCUT2D eigenvalue weighted by molar-refractivity contribution is -0.149. The number of alkyl halides is 2. The first kappa shape index (κ1) is 21.5.